The maximum atomic E-state index is 11.7. The van der Waals surface area contributed by atoms with Crippen LogP contribution in [0.25, 0.3) is 0 Å². The molecular formula is C27H44O6. The molecule has 0 saturated heterocycles. The smallest absolute Gasteiger partial charge is 0.305 e. The van der Waals surface area contributed by atoms with Crippen LogP contribution in [0.2, 0.25) is 0 Å². The maximum absolute atomic E-state index is 11.7. The van der Waals surface area contributed by atoms with Gasteiger partial charge in [-0.15, -0.1) is 0 Å². The summed E-state index contributed by atoms with van der Waals surface area (Å²) in [6.45, 7) is 8.31. The highest BCUT2D eigenvalue weighted by Crippen LogP contribution is 2.68. The van der Waals surface area contributed by atoms with E-state index in [4.69, 9.17) is 9.47 Å². The molecule has 0 amide bonds. The number of esters is 2. The van der Waals surface area contributed by atoms with Gasteiger partial charge in [-0.05, 0) is 97.7 Å². The Bertz CT molecular complexity index is 753. The lowest BCUT2D eigenvalue weighted by molar-refractivity contribution is -0.209. The molecule has 0 radical (unpaired) electrons. The average Bonchev–Trinajstić information content (AvgIpc) is 3.11. The average molecular weight is 465 g/mol. The zero-order valence-electron chi connectivity index (χ0n) is 21.1. The van der Waals surface area contributed by atoms with Crippen molar-refractivity contribution in [2.45, 2.75) is 104 Å². The van der Waals surface area contributed by atoms with E-state index < -0.39 is 6.10 Å². The standard InChI is InChI=1S/C27H44O6/c1-15(6-9-24(31)32-5)19-7-8-20-25-21(14-23(30)27(19,20)4)26(3)11-10-18(33-16(2)28)12-17(26)13-22(25)29/h15,17-23,25,29-30H,6-14H2,1-5H3/t15-,17+,18-,19+,20-,21-,22+,23+,25-,26-,27+/m0/s1. The summed E-state index contributed by atoms with van der Waals surface area (Å²) in [5.41, 5.74) is -0.159. The molecule has 0 aromatic heterocycles. The zero-order valence-corrected chi connectivity index (χ0v) is 21.1. The first-order chi connectivity index (χ1) is 15.5. The lowest BCUT2D eigenvalue weighted by Gasteiger charge is -2.63. The summed E-state index contributed by atoms with van der Waals surface area (Å²) in [6, 6.07) is 0. The van der Waals surface area contributed by atoms with Crippen molar-refractivity contribution < 1.29 is 29.3 Å². The molecule has 0 bridgehead atoms. The molecule has 4 rings (SSSR count). The highest BCUT2D eigenvalue weighted by Gasteiger charge is 2.65. The highest BCUT2D eigenvalue weighted by molar-refractivity contribution is 5.69. The van der Waals surface area contributed by atoms with Gasteiger partial charge < -0.3 is 19.7 Å². The van der Waals surface area contributed by atoms with Gasteiger partial charge >= 0.3 is 11.9 Å². The zero-order chi connectivity index (χ0) is 24.1. The third-order valence-corrected chi connectivity index (χ3v) is 10.9. The monoisotopic (exact) mass is 464 g/mol. The van der Waals surface area contributed by atoms with Gasteiger partial charge in [0, 0.05) is 13.3 Å². The van der Waals surface area contributed by atoms with Crippen molar-refractivity contribution in [3.63, 3.8) is 0 Å². The van der Waals surface area contributed by atoms with E-state index in [1.165, 1.54) is 14.0 Å². The van der Waals surface area contributed by atoms with Crippen LogP contribution in [0.5, 0.6) is 0 Å². The van der Waals surface area contributed by atoms with Crippen molar-refractivity contribution in [3.05, 3.63) is 0 Å². The van der Waals surface area contributed by atoms with E-state index in [-0.39, 0.29) is 40.9 Å². The van der Waals surface area contributed by atoms with Crippen molar-refractivity contribution in [2.24, 2.45) is 46.3 Å². The van der Waals surface area contributed by atoms with Crippen LogP contribution in [0.15, 0.2) is 0 Å². The Morgan fingerprint density at radius 3 is 2.45 bits per heavy atom. The van der Waals surface area contributed by atoms with E-state index in [0.29, 0.717) is 36.0 Å². The molecule has 11 atom stereocenters. The molecule has 4 aliphatic rings. The van der Waals surface area contributed by atoms with E-state index in [2.05, 4.69) is 20.8 Å². The highest BCUT2D eigenvalue weighted by atomic mass is 16.5. The number of methoxy groups -OCH3 is 1. The van der Waals surface area contributed by atoms with Gasteiger partial charge in [0.25, 0.3) is 0 Å². The first-order valence-corrected chi connectivity index (χ1v) is 13.1. The Hall–Kier alpha value is -1.14. The van der Waals surface area contributed by atoms with Crippen LogP contribution in [-0.2, 0) is 19.1 Å². The topological polar surface area (TPSA) is 93.1 Å². The molecule has 188 valence electrons. The first-order valence-electron chi connectivity index (χ1n) is 13.1. The minimum atomic E-state index is -0.397. The van der Waals surface area contributed by atoms with E-state index in [1.807, 2.05) is 0 Å². The van der Waals surface area contributed by atoms with Gasteiger partial charge in [-0.3, -0.25) is 9.59 Å². The molecule has 4 fully saturated rings. The third-order valence-electron chi connectivity index (χ3n) is 10.9. The fourth-order valence-electron chi connectivity index (χ4n) is 9.11. The molecule has 2 N–H and O–H groups in total. The van der Waals surface area contributed by atoms with Gasteiger partial charge in [-0.25, -0.2) is 0 Å². The second-order valence-electron chi connectivity index (χ2n) is 12.2. The Balaban J connectivity index is 1.54. The van der Waals surface area contributed by atoms with E-state index in [9.17, 15) is 19.8 Å². The number of rotatable bonds is 5. The second-order valence-corrected chi connectivity index (χ2v) is 12.2. The van der Waals surface area contributed by atoms with Crippen LogP contribution in [0.1, 0.15) is 85.5 Å². The normalized spacial score (nSPS) is 47.6. The van der Waals surface area contributed by atoms with Crippen LogP contribution in [0, 0.1) is 46.3 Å². The van der Waals surface area contributed by atoms with Gasteiger partial charge in [0.05, 0.1) is 19.3 Å². The Morgan fingerprint density at radius 2 is 1.79 bits per heavy atom. The van der Waals surface area contributed by atoms with Crippen LogP contribution < -0.4 is 0 Å². The summed E-state index contributed by atoms with van der Waals surface area (Å²) in [6.07, 6.45) is 6.65. The Labute approximate surface area is 198 Å². The predicted molar refractivity (Wildman–Crippen MR) is 124 cm³/mol. The van der Waals surface area contributed by atoms with Crippen molar-refractivity contribution in [1.82, 2.24) is 0 Å². The first kappa shape index (κ1) is 25.0. The minimum absolute atomic E-state index is 0.0466. The number of aliphatic hydroxyl groups is 2. The van der Waals surface area contributed by atoms with Gasteiger partial charge in [0.15, 0.2) is 0 Å². The molecule has 0 aromatic rings. The SMILES string of the molecule is COC(=O)CC[C@H](C)[C@H]1CC[C@H]2[C@@H]3[C@H](O)C[C@H]4C[C@@H](OC(C)=O)CC[C@]4(C)[C@H]3C[C@@H](O)[C@]12C. The Kier molecular flexibility index (Phi) is 6.92. The quantitative estimate of drug-likeness (QED) is 0.595. The maximum Gasteiger partial charge on any atom is 0.305 e. The number of aliphatic hydroxyl groups excluding tert-OH is 2. The van der Waals surface area contributed by atoms with Crippen LogP contribution >= 0.6 is 0 Å². The van der Waals surface area contributed by atoms with Crippen LogP contribution in [0.3, 0.4) is 0 Å². The van der Waals surface area contributed by atoms with Crippen molar-refractivity contribution in [2.75, 3.05) is 7.11 Å². The van der Waals surface area contributed by atoms with E-state index in [0.717, 1.165) is 51.4 Å². The molecule has 0 spiro atoms. The van der Waals surface area contributed by atoms with Gasteiger partial charge in [0.2, 0.25) is 0 Å². The summed E-state index contributed by atoms with van der Waals surface area (Å²) < 4.78 is 10.4. The fourth-order valence-corrected chi connectivity index (χ4v) is 9.11. The number of ether oxygens (including phenoxy) is 2. The number of hydrogen-bond donors (Lipinski definition) is 2. The lowest BCUT2D eigenvalue weighted by Crippen LogP contribution is -2.62. The van der Waals surface area contributed by atoms with Gasteiger partial charge in [-0.1, -0.05) is 20.8 Å². The van der Waals surface area contributed by atoms with Crippen molar-refractivity contribution >= 4 is 11.9 Å². The van der Waals surface area contributed by atoms with Gasteiger partial charge in [0.1, 0.15) is 6.10 Å². The molecule has 4 saturated carbocycles. The lowest BCUT2D eigenvalue weighted by atomic mass is 9.43. The summed E-state index contributed by atoms with van der Waals surface area (Å²) in [4.78, 5) is 23.2. The van der Waals surface area contributed by atoms with E-state index >= 15 is 0 Å². The molecule has 0 aliphatic heterocycles. The number of carbonyl (C=O) groups excluding carboxylic acids is 2. The largest absolute Gasteiger partial charge is 0.469 e. The summed E-state index contributed by atoms with van der Waals surface area (Å²) in [5.74, 6) is 1.41. The summed E-state index contributed by atoms with van der Waals surface area (Å²) in [7, 11) is 1.43. The van der Waals surface area contributed by atoms with Gasteiger partial charge in [-0.2, -0.15) is 0 Å². The fraction of sp³-hybridized carbons (Fsp3) is 0.926. The predicted octanol–water partition coefficient (Wildman–Crippen LogP) is 4.11. The number of carbonyl (C=O) groups is 2. The molecule has 33 heavy (non-hydrogen) atoms. The molecule has 0 unspecified atom stereocenters. The van der Waals surface area contributed by atoms with E-state index in [1.54, 1.807) is 0 Å². The molecule has 0 heterocycles. The second kappa shape index (κ2) is 9.14. The number of hydrogen-bond acceptors (Lipinski definition) is 6. The minimum Gasteiger partial charge on any atom is -0.469 e. The molecule has 6 nitrogen and oxygen atoms in total. The van der Waals surface area contributed by atoms with Crippen LogP contribution in [-0.4, -0.2) is 47.6 Å². The molecule has 4 aliphatic carbocycles. The van der Waals surface area contributed by atoms with Crippen molar-refractivity contribution in [3.8, 4) is 0 Å². The molecule has 0 aromatic carbocycles. The molecule has 6 heteroatoms. The number of fused-ring (bicyclic) bond motifs is 5. The van der Waals surface area contributed by atoms with Crippen molar-refractivity contribution in [1.29, 1.82) is 0 Å². The van der Waals surface area contributed by atoms with Crippen LogP contribution in [0.4, 0.5) is 0 Å². The molecular weight excluding hydrogens is 420 g/mol. The third kappa shape index (κ3) is 4.13. The summed E-state index contributed by atoms with van der Waals surface area (Å²) in [5, 5.41) is 23.1. The Morgan fingerprint density at radius 1 is 1.06 bits per heavy atom. The summed E-state index contributed by atoms with van der Waals surface area (Å²) >= 11 is 0.